The summed E-state index contributed by atoms with van der Waals surface area (Å²) < 4.78 is 13.4. The van der Waals surface area contributed by atoms with Crippen LogP contribution in [0.3, 0.4) is 0 Å². The first-order valence-corrected chi connectivity index (χ1v) is 8.79. The lowest BCUT2D eigenvalue weighted by molar-refractivity contribution is -0.0517. The van der Waals surface area contributed by atoms with Crippen molar-refractivity contribution in [2.24, 2.45) is 0 Å². The summed E-state index contributed by atoms with van der Waals surface area (Å²) in [5.41, 5.74) is 2.34. The molecule has 2 aromatic rings. The number of nitrogens with zero attached hydrogens (tertiary/aromatic N) is 3. The molecule has 136 valence electrons. The zero-order valence-corrected chi connectivity index (χ0v) is 15.0. The lowest BCUT2D eigenvalue weighted by atomic mass is 10.2. The zero-order chi connectivity index (χ0) is 17.6. The summed E-state index contributed by atoms with van der Waals surface area (Å²) in [7, 11) is 0. The van der Waals surface area contributed by atoms with Crippen LogP contribution in [0.2, 0.25) is 0 Å². The van der Waals surface area contributed by atoms with Crippen LogP contribution in [0.1, 0.15) is 11.1 Å². The Morgan fingerprint density at radius 3 is 2.80 bits per heavy atom. The van der Waals surface area contributed by atoms with Gasteiger partial charge in [-0.2, -0.15) is 5.10 Å². The molecule has 2 atom stereocenters. The lowest BCUT2D eigenvalue weighted by Gasteiger charge is -2.34. The number of ether oxygens (including phenoxy) is 2. The van der Waals surface area contributed by atoms with Gasteiger partial charge in [0.25, 0.3) is 0 Å². The Balaban J connectivity index is 1.42. The molecule has 1 aromatic carbocycles. The van der Waals surface area contributed by atoms with Gasteiger partial charge in [-0.25, -0.2) is 0 Å². The number of aliphatic hydroxyl groups is 1. The van der Waals surface area contributed by atoms with Crippen molar-refractivity contribution in [2.45, 2.75) is 32.6 Å². The van der Waals surface area contributed by atoms with E-state index in [1.807, 2.05) is 55.2 Å². The Morgan fingerprint density at radius 2 is 2.08 bits per heavy atom. The van der Waals surface area contributed by atoms with E-state index in [1.54, 1.807) is 0 Å². The minimum Gasteiger partial charge on any atom is -0.491 e. The first kappa shape index (κ1) is 17.9. The van der Waals surface area contributed by atoms with E-state index in [0.29, 0.717) is 19.8 Å². The van der Waals surface area contributed by atoms with Gasteiger partial charge < -0.3 is 14.6 Å². The fraction of sp³-hybridized carbons (Fsp3) is 0.526. The van der Waals surface area contributed by atoms with Crippen LogP contribution in [0.5, 0.6) is 5.75 Å². The number of aromatic nitrogens is 2. The van der Waals surface area contributed by atoms with Gasteiger partial charge in [0.2, 0.25) is 0 Å². The van der Waals surface area contributed by atoms with Crippen molar-refractivity contribution in [1.29, 1.82) is 0 Å². The maximum Gasteiger partial charge on any atom is 0.119 e. The molecule has 1 N–H and O–H groups in total. The van der Waals surface area contributed by atoms with Gasteiger partial charge >= 0.3 is 0 Å². The van der Waals surface area contributed by atoms with Crippen molar-refractivity contribution in [2.75, 3.05) is 32.8 Å². The molecule has 3 rings (SSSR count). The van der Waals surface area contributed by atoms with Crippen LogP contribution in [0, 0.1) is 13.8 Å². The van der Waals surface area contributed by atoms with E-state index < -0.39 is 6.10 Å². The van der Waals surface area contributed by atoms with Crippen molar-refractivity contribution >= 4 is 0 Å². The van der Waals surface area contributed by atoms with Gasteiger partial charge in [-0.3, -0.25) is 9.58 Å². The summed E-state index contributed by atoms with van der Waals surface area (Å²) in [5.74, 6) is 0.790. The summed E-state index contributed by atoms with van der Waals surface area (Å²) in [6.07, 6.45) is 3.45. The fourth-order valence-electron chi connectivity index (χ4n) is 3.01. The summed E-state index contributed by atoms with van der Waals surface area (Å²) in [6, 6.07) is 7.87. The van der Waals surface area contributed by atoms with E-state index >= 15 is 0 Å². The van der Waals surface area contributed by atoms with Crippen molar-refractivity contribution in [3.05, 3.63) is 47.8 Å². The average molecular weight is 345 g/mol. The average Bonchev–Trinajstić information content (AvgIpc) is 2.99. The highest BCUT2D eigenvalue weighted by Crippen LogP contribution is 2.13. The molecule has 1 aliphatic rings. The molecule has 1 saturated heterocycles. The molecule has 6 heteroatoms. The normalized spacial score (nSPS) is 19.7. The molecule has 0 spiro atoms. The summed E-state index contributed by atoms with van der Waals surface area (Å²) in [4.78, 5) is 2.23. The first-order chi connectivity index (χ1) is 12.1. The molecule has 6 nitrogen and oxygen atoms in total. The summed E-state index contributed by atoms with van der Waals surface area (Å²) >= 11 is 0. The van der Waals surface area contributed by atoms with Crippen LogP contribution in [0.15, 0.2) is 36.7 Å². The summed E-state index contributed by atoms with van der Waals surface area (Å²) in [6.45, 7) is 7.99. The maximum atomic E-state index is 10.3. The van der Waals surface area contributed by atoms with E-state index in [9.17, 15) is 5.11 Å². The number of morpholine rings is 1. The SMILES string of the molecule is Cc1ccc(OCC(O)CN2CCOC(Cn3cc(C)cn3)C2)cc1. The molecule has 0 radical (unpaired) electrons. The second kappa shape index (κ2) is 8.47. The lowest BCUT2D eigenvalue weighted by Crippen LogP contribution is -2.47. The Kier molecular flexibility index (Phi) is 6.07. The quantitative estimate of drug-likeness (QED) is 0.827. The minimum absolute atomic E-state index is 0.0956. The highest BCUT2D eigenvalue weighted by Gasteiger charge is 2.23. The van der Waals surface area contributed by atoms with Crippen LogP contribution in [0.4, 0.5) is 0 Å². The predicted molar refractivity (Wildman–Crippen MR) is 95.8 cm³/mol. The Morgan fingerprint density at radius 1 is 1.28 bits per heavy atom. The molecule has 0 amide bonds. The maximum absolute atomic E-state index is 10.3. The largest absolute Gasteiger partial charge is 0.491 e. The third-order valence-corrected chi connectivity index (χ3v) is 4.31. The van der Waals surface area contributed by atoms with Crippen LogP contribution < -0.4 is 4.74 Å². The highest BCUT2D eigenvalue weighted by atomic mass is 16.5. The van der Waals surface area contributed by atoms with Gasteiger partial charge in [0.1, 0.15) is 18.5 Å². The molecule has 2 unspecified atom stereocenters. The van der Waals surface area contributed by atoms with Crippen LogP contribution in [0.25, 0.3) is 0 Å². The Labute approximate surface area is 149 Å². The topological polar surface area (TPSA) is 59.8 Å². The Hall–Kier alpha value is -1.89. The second-order valence-electron chi connectivity index (χ2n) is 6.77. The molecular formula is C19H27N3O3. The number of aliphatic hydroxyl groups excluding tert-OH is 1. The molecule has 1 fully saturated rings. The standard InChI is InChI=1S/C19H27N3O3/c1-15-3-5-18(6-4-15)25-14-17(23)11-21-7-8-24-19(12-21)13-22-10-16(2)9-20-22/h3-6,9-10,17,19,23H,7-8,11-14H2,1-2H3. The van der Waals surface area contributed by atoms with E-state index in [0.717, 1.165) is 30.9 Å². The van der Waals surface area contributed by atoms with Crippen LogP contribution >= 0.6 is 0 Å². The van der Waals surface area contributed by atoms with Crippen LogP contribution in [-0.4, -0.2) is 64.8 Å². The monoisotopic (exact) mass is 345 g/mol. The number of hydrogen-bond acceptors (Lipinski definition) is 5. The molecular weight excluding hydrogens is 318 g/mol. The minimum atomic E-state index is -0.521. The second-order valence-corrected chi connectivity index (χ2v) is 6.77. The molecule has 1 aromatic heterocycles. The van der Waals surface area contributed by atoms with E-state index in [1.165, 1.54) is 5.56 Å². The third-order valence-electron chi connectivity index (χ3n) is 4.31. The van der Waals surface area contributed by atoms with Gasteiger partial charge in [-0.1, -0.05) is 17.7 Å². The number of hydrogen-bond donors (Lipinski definition) is 1. The van der Waals surface area contributed by atoms with Gasteiger partial charge in [0, 0.05) is 25.8 Å². The molecule has 2 heterocycles. The van der Waals surface area contributed by atoms with Crippen molar-refractivity contribution < 1.29 is 14.6 Å². The number of β-amino-alcohol motifs (C(OH)–C–C–N with tert-alkyl or cyclic N) is 1. The third kappa shape index (κ3) is 5.56. The van der Waals surface area contributed by atoms with Gasteiger partial charge in [0.05, 0.1) is 25.5 Å². The fourth-order valence-corrected chi connectivity index (χ4v) is 3.01. The van der Waals surface area contributed by atoms with Crippen LogP contribution in [-0.2, 0) is 11.3 Å². The molecule has 0 saturated carbocycles. The van der Waals surface area contributed by atoms with Gasteiger partial charge in [0.15, 0.2) is 0 Å². The molecule has 1 aliphatic heterocycles. The summed E-state index contributed by atoms with van der Waals surface area (Å²) in [5, 5.41) is 14.6. The molecule has 25 heavy (non-hydrogen) atoms. The van der Waals surface area contributed by atoms with E-state index in [2.05, 4.69) is 10.00 Å². The van der Waals surface area contributed by atoms with Crippen molar-refractivity contribution in [3.63, 3.8) is 0 Å². The first-order valence-electron chi connectivity index (χ1n) is 8.79. The molecule has 0 bridgehead atoms. The van der Waals surface area contributed by atoms with Crippen molar-refractivity contribution in [3.8, 4) is 5.75 Å². The highest BCUT2D eigenvalue weighted by molar-refractivity contribution is 5.26. The van der Waals surface area contributed by atoms with Gasteiger partial charge in [-0.15, -0.1) is 0 Å². The Bertz CT molecular complexity index is 656. The molecule has 0 aliphatic carbocycles. The number of benzene rings is 1. The van der Waals surface area contributed by atoms with Gasteiger partial charge in [-0.05, 0) is 31.5 Å². The van der Waals surface area contributed by atoms with E-state index in [-0.39, 0.29) is 6.10 Å². The number of rotatable bonds is 7. The van der Waals surface area contributed by atoms with E-state index in [4.69, 9.17) is 9.47 Å². The predicted octanol–water partition coefficient (Wildman–Crippen LogP) is 1.64. The zero-order valence-electron chi connectivity index (χ0n) is 15.0. The van der Waals surface area contributed by atoms with Crippen molar-refractivity contribution in [1.82, 2.24) is 14.7 Å². The number of aryl methyl sites for hydroxylation is 2. The smallest absolute Gasteiger partial charge is 0.119 e.